The number of halogens is 3. The first-order valence-corrected chi connectivity index (χ1v) is 9.75. The molecule has 1 heterocycles. The third-order valence-corrected chi connectivity index (χ3v) is 4.60. The zero-order chi connectivity index (χ0) is 24.0. The average molecular weight is 462 g/mol. The Kier molecular flexibility index (Phi) is 7.21. The van der Waals surface area contributed by atoms with Crippen LogP contribution >= 0.6 is 0 Å². The smallest absolute Gasteiger partial charge is 0.435 e. The van der Waals surface area contributed by atoms with Gasteiger partial charge in [0.2, 0.25) is 0 Å². The van der Waals surface area contributed by atoms with E-state index in [-0.39, 0.29) is 18.7 Å². The van der Waals surface area contributed by atoms with Gasteiger partial charge >= 0.3 is 6.18 Å². The van der Waals surface area contributed by atoms with E-state index in [1.807, 2.05) is 0 Å². The summed E-state index contributed by atoms with van der Waals surface area (Å²) in [6.07, 6.45) is -3.79. The van der Waals surface area contributed by atoms with Crippen LogP contribution in [0.4, 0.5) is 13.2 Å². The third kappa shape index (κ3) is 5.62. The van der Waals surface area contributed by atoms with Crippen LogP contribution in [0.1, 0.15) is 26.4 Å². The second-order valence-electron chi connectivity index (χ2n) is 6.75. The van der Waals surface area contributed by atoms with E-state index in [1.165, 1.54) is 20.3 Å². The Balaban J connectivity index is 1.64. The lowest BCUT2D eigenvalue weighted by atomic mass is 10.1. The van der Waals surface area contributed by atoms with Crippen LogP contribution < -0.4 is 20.1 Å². The normalized spacial score (nSPS) is 11.1. The molecule has 3 aromatic rings. The van der Waals surface area contributed by atoms with Gasteiger partial charge in [0.05, 0.1) is 31.0 Å². The van der Waals surface area contributed by atoms with Crippen LogP contribution in [-0.4, -0.2) is 48.9 Å². The highest BCUT2D eigenvalue weighted by molar-refractivity contribution is 5.97. The first-order chi connectivity index (χ1) is 15.7. The molecule has 2 amide bonds. The van der Waals surface area contributed by atoms with Gasteiger partial charge in [-0.05, 0) is 24.3 Å². The Bertz CT molecular complexity index is 1130. The number of nitrogens with one attached hydrogen (secondary N) is 2. The zero-order valence-corrected chi connectivity index (χ0v) is 17.8. The van der Waals surface area contributed by atoms with Crippen molar-refractivity contribution in [1.82, 2.24) is 20.4 Å². The summed E-state index contributed by atoms with van der Waals surface area (Å²) in [4.78, 5) is 24.8. The lowest BCUT2D eigenvalue weighted by Crippen LogP contribution is -2.35. The quantitative estimate of drug-likeness (QED) is 0.502. The van der Waals surface area contributed by atoms with E-state index in [0.29, 0.717) is 17.2 Å². The van der Waals surface area contributed by atoms with Crippen molar-refractivity contribution in [3.63, 3.8) is 0 Å². The van der Waals surface area contributed by atoms with Crippen LogP contribution in [0.15, 0.2) is 54.7 Å². The molecule has 0 bridgehead atoms. The van der Waals surface area contributed by atoms with Crippen molar-refractivity contribution in [3.8, 4) is 17.2 Å². The van der Waals surface area contributed by atoms with Gasteiger partial charge in [0.25, 0.3) is 11.8 Å². The summed E-state index contributed by atoms with van der Waals surface area (Å²) in [6.45, 7) is -0.120. The minimum atomic E-state index is -4.81. The van der Waals surface area contributed by atoms with Gasteiger partial charge in [-0.1, -0.05) is 18.2 Å². The van der Waals surface area contributed by atoms with Gasteiger partial charge in [0.15, 0.2) is 5.69 Å². The number of ether oxygens (including phenoxy) is 2. The molecule has 0 fully saturated rings. The maximum absolute atomic E-state index is 13.4. The standard InChI is InChI=1S/C22H21F3N4O4/c1-32-15-8-9-16(18(12-15)33-2)20(30)26-10-11-27-21(31)17-13-29(14-6-4-3-5-7-14)28-19(17)22(23,24)25/h3-9,12-13H,10-11H2,1-2H3,(H,26,30)(H,27,31). The topological polar surface area (TPSA) is 94.5 Å². The van der Waals surface area contributed by atoms with E-state index in [1.54, 1.807) is 42.5 Å². The van der Waals surface area contributed by atoms with Crippen molar-refractivity contribution in [1.29, 1.82) is 0 Å². The van der Waals surface area contributed by atoms with E-state index in [0.717, 1.165) is 10.9 Å². The van der Waals surface area contributed by atoms with E-state index in [4.69, 9.17) is 9.47 Å². The van der Waals surface area contributed by atoms with Crippen molar-refractivity contribution < 1.29 is 32.2 Å². The molecule has 3 rings (SSSR count). The number of aromatic nitrogens is 2. The first kappa shape index (κ1) is 23.6. The van der Waals surface area contributed by atoms with Gasteiger partial charge in [-0.2, -0.15) is 18.3 Å². The summed E-state index contributed by atoms with van der Waals surface area (Å²) in [5, 5.41) is 8.49. The van der Waals surface area contributed by atoms with Crippen LogP contribution in [-0.2, 0) is 6.18 Å². The predicted octanol–water partition coefficient (Wildman–Crippen LogP) is 3.07. The molecule has 1 aromatic heterocycles. The largest absolute Gasteiger partial charge is 0.497 e. The van der Waals surface area contributed by atoms with E-state index in [9.17, 15) is 22.8 Å². The molecule has 11 heteroatoms. The Labute approximate surface area is 187 Å². The molecule has 174 valence electrons. The highest BCUT2D eigenvalue weighted by atomic mass is 19.4. The van der Waals surface area contributed by atoms with Crippen LogP contribution in [0.3, 0.4) is 0 Å². The molecular formula is C22H21F3N4O4. The first-order valence-electron chi connectivity index (χ1n) is 9.75. The van der Waals surface area contributed by atoms with Crippen LogP contribution in [0.25, 0.3) is 5.69 Å². The third-order valence-electron chi connectivity index (χ3n) is 4.60. The van der Waals surface area contributed by atoms with Crippen molar-refractivity contribution in [2.45, 2.75) is 6.18 Å². The minimum absolute atomic E-state index is 0.0199. The lowest BCUT2D eigenvalue weighted by Gasteiger charge is -2.11. The minimum Gasteiger partial charge on any atom is -0.497 e. The molecule has 33 heavy (non-hydrogen) atoms. The van der Waals surface area contributed by atoms with Gasteiger partial charge in [-0.3, -0.25) is 9.59 Å². The highest BCUT2D eigenvalue weighted by Gasteiger charge is 2.39. The van der Waals surface area contributed by atoms with Gasteiger partial charge < -0.3 is 20.1 Å². The number of hydrogen-bond donors (Lipinski definition) is 2. The molecule has 0 unspecified atom stereocenters. The molecule has 0 aliphatic rings. The van der Waals surface area contributed by atoms with Gasteiger partial charge in [-0.15, -0.1) is 0 Å². The zero-order valence-electron chi connectivity index (χ0n) is 17.8. The summed E-state index contributed by atoms with van der Waals surface area (Å²) >= 11 is 0. The number of amides is 2. The predicted molar refractivity (Wildman–Crippen MR) is 113 cm³/mol. The number of benzene rings is 2. The second-order valence-corrected chi connectivity index (χ2v) is 6.75. The summed E-state index contributed by atoms with van der Waals surface area (Å²) in [6, 6.07) is 12.8. The summed E-state index contributed by atoms with van der Waals surface area (Å²) in [5.41, 5.74) is -1.29. The molecule has 0 atom stereocenters. The van der Waals surface area contributed by atoms with Gasteiger partial charge in [0, 0.05) is 25.4 Å². The number of para-hydroxylation sites is 1. The average Bonchev–Trinajstić information content (AvgIpc) is 3.28. The van der Waals surface area contributed by atoms with Gasteiger partial charge in [0.1, 0.15) is 11.5 Å². The maximum Gasteiger partial charge on any atom is 0.435 e. The number of carbonyl (C=O) groups excluding carboxylic acids is 2. The molecular weight excluding hydrogens is 441 g/mol. The van der Waals surface area contributed by atoms with Crippen LogP contribution in [0.2, 0.25) is 0 Å². The molecule has 8 nitrogen and oxygen atoms in total. The van der Waals surface area contributed by atoms with E-state index >= 15 is 0 Å². The number of rotatable bonds is 8. The lowest BCUT2D eigenvalue weighted by molar-refractivity contribution is -0.141. The van der Waals surface area contributed by atoms with Gasteiger partial charge in [-0.25, -0.2) is 4.68 Å². The molecule has 2 N–H and O–H groups in total. The number of nitrogens with zero attached hydrogens (tertiary/aromatic N) is 2. The van der Waals surface area contributed by atoms with Crippen molar-refractivity contribution in [2.75, 3.05) is 27.3 Å². The van der Waals surface area contributed by atoms with Crippen molar-refractivity contribution >= 4 is 11.8 Å². The van der Waals surface area contributed by atoms with E-state index in [2.05, 4.69) is 15.7 Å². The Hall–Kier alpha value is -4.02. The Morgan fingerprint density at radius 1 is 0.939 bits per heavy atom. The highest BCUT2D eigenvalue weighted by Crippen LogP contribution is 2.31. The monoisotopic (exact) mass is 462 g/mol. The fourth-order valence-electron chi connectivity index (χ4n) is 2.99. The summed E-state index contributed by atoms with van der Waals surface area (Å²) < 4.78 is 51.5. The fourth-order valence-corrected chi connectivity index (χ4v) is 2.99. The number of carbonyl (C=O) groups is 2. The fraction of sp³-hybridized carbons (Fsp3) is 0.227. The van der Waals surface area contributed by atoms with Crippen LogP contribution in [0.5, 0.6) is 11.5 Å². The number of alkyl halides is 3. The van der Waals surface area contributed by atoms with Crippen molar-refractivity contribution in [3.05, 3.63) is 71.5 Å². The molecule has 2 aromatic carbocycles. The molecule has 0 spiro atoms. The molecule has 0 aliphatic carbocycles. The molecule has 0 aliphatic heterocycles. The summed E-state index contributed by atoms with van der Waals surface area (Å²) in [7, 11) is 2.88. The summed E-state index contributed by atoms with van der Waals surface area (Å²) in [5.74, 6) is -0.636. The van der Waals surface area contributed by atoms with E-state index < -0.39 is 29.2 Å². The van der Waals surface area contributed by atoms with Crippen LogP contribution in [0, 0.1) is 0 Å². The van der Waals surface area contributed by atoms with Crippen molar-refractivity contribution in [2.24, 2.45) is 0 Å². The maximum atomic E-state index is 13.4. The molecule has 0 saturated heterocycles. The SMILES string of the molecule is COc1ccc(C(=O)NCCNC(=O)c2cn(-c3ccccc3)nc2C(F)(F)F)c(OC)c1. The Morgan fingerprint density at radius 2 is 1.58 bits per heavy atom. The second kappa shape index (κ2) is 10.1. The molecule has 0 radical (unpaired) electrons. The number of methoxy groups -OCH3 is 2. The molecule has 0 saturated carbocycles. The number of hydrogen-bond acceptors (Lipinski definition) is 5. The Morgan fingerprint density at radius 3 is 2.15 bits per heavy atom.